The fourth-order valence-corrected chi connectivity index (χ4v) is 4.78. The van der Waals surface area contributed by atoms with Gasteiger partial charge in [0.05, 0.1) is 29.0 Å². The summed E-state index contributed by atoms with van der Waals surface area (Å²) in [7, 11) is -2.06. The van der Waals surface area contributed by atoms with E-state index in [9.17, 15) is 8.42 Å². The number of benzene rings is 3. The van der Waals surface area contributed by atoms with Crippen molar-refractivity contribution in [2.24, 2.45) is 0 Å². The van der Waals surface area contributed by atoms with Gasteiger partial charge in [-0.2, -0.15) is 4.31 Å². The first kappa shape index (κ1) is 22.3. The van der Waals surface area contributed by atoms with Crippen LogP contribution >= 0.6 is 11.6 Å². The molecule has 0 bridgehead atoms. The highest BCUT2D eigenvalue weighted by molar-refractivity contribution is 7.89. The summed E-state index contributed by atoms with van der Waals surface area (Å²) < 4.78 is 35.2. The molecule has 0 N–H and O–H groups in total. The molecule has 3 aromatic carbocycles. The highest BCUT2D eigenvalue weighted by Gasteiger charge is 2.23. The van der Waals surface area contributed by atoms with E-state index in [1.54, 1.807) is 37.4 Å². The van der Waals surface area contributed by atoms with Gasteiger partial charge in [0.25, 0.3) is 0 Å². The van der Waals surface area contributed by atoms with Crippen molar-refractivity contribution in [3.8, 4) is 5.75 Å². The Kier molecular flexibility index (Phi) is 6.50. The summed E-state index contributed by atoms with van der Waals surface area (Å²) in [5.74, 6) is 1.39. The summed E-state index contributed by atoms with van der Waals surface area (Å²) in [6, 6.07) is 21.7. The third-order valence-electron chi connectivity index (χ3n) is 5.26. The van der Waals surface area contributed by atoms with Crippen molar-refractivity contribution in [2.45, 2.75) is 24.9 Å². The van der Waals surface area contributed by atoms with Crippen molar-refractivity contribution in [1.82, 2.24) is 13.9 Å². The van der Waals surface area contributed by atoms with E-state index in [4.69, 9.17) is 21.3 Å². The van der Waals surface area contributed by atoms with Crippen LogP contribution in [-0.4, -0.2) is 35.9 Å². The number of fused-ring (bicyclic) bond motifs is 1. The molecule has 1 aromatic heterocycles. The molecular formula is C24H24ClN3O3S. The number of imidazole rings is 1. The number of halogens is 1. The molecule has 0 saturated heterocycles. The van der Waals surface area contributed by atoms with E-state index in [1.165, 1.54) is 4.31 Å². The third kappa shape index (κ3) is 4.65. The Hall–Kier alpha value is -2.87. The minimum atomic E-state index is -3.63. The van der Waals surface area contributed by atoms with Gasteiger partial charge in [0.2, 0.25) is 10.0 Å². The largest absolute Gasteiger partial charge is 0.492 e. The molecular weight excluding hydrogens is 446 g/mol. The number of hydrogen-bond acceptors (Lipinski definition) is 4. The molecule has 0 atom stereocenters. The summed E-state index contributed by atoms with van der Waals surface area (Å²) in [5, 5.41) is 0.697. The maximum atomic E-state index is 13.0. The van der Waals surface area contributed by atoms with Crippen LogP contribution in [0.1, 0.15) is 11.4 Å². The zero-order chi connectivity index (χ0) is 22.7. The van der Waals surface area contributed by atoms with Gasteiger partial charge in [-0.25, -0.2) is 13.4 Å². The van der Waals surface area contributed by atoms with Gasteiger partial charge < -0.3 is 9.30 Å². The molecule has 166 valence electrons. The monoisotopic (exact) mass is 469 g/mol. The molecule has 6 nitrogen and oxygen atoms in total. The first-order valence-electron chi connectivity index (χ1n) is 10.2. The fourth-order valence-electron chi connectivity index (χ4n) is 3.51. The van der Waals surface area contributed by atoms with Crippen molar-refractivity contribution in [2.75, 3.05) is 13.7 Å². The zero-order valence-corrected chi connectivity index (χ0v) is 19.5. The van der Waals surface area contributed by atoms with E-state index >= 15 is 0 Å². The minimum Gasteiger partial charge on any atom is -0.492 e. The molecule has 32 heavy (non-hydrogen) atoms. The van der Waals surface area contributed by atoms with Gasteiger partial charge in [-0.1, -0.05) is 41.9 Å². The number of sulfonamides is 1. The van der Waals surface area contributed by atoms with Gasteiger partial charge >= 0.3 is 0 Å². The van der Waals surface area contributed by atoms with E-state index in [1.807, 2.05) is 54.0 Å². The number of nitrogens with zero attached hydrogens (tertiary/aromatic N) is 3. The molecule has 0 aliphatic heterocycles. The second kappa shape index (κ2) is 9.32. The van der Waals surface area contributed by atoms with Crippen LogP contribution < -0.4 is 4.74 Å². The number of para-hydroxylation sites is 2. The van der Waals surface area contributed by atoms with Crippen LogP contribution in [0.15, 0.2) is 77.7 Å². The van der Waals surface area contributed by atoms with Gasteiger partial charge in [0.15, 0.2) is 0 Å². The van der Waals surface area contributed by atoms with Crippen molar-refractivity contribution >= 4 is 32.7 Å². The van der Waals surface area contributed by atoms with Crippen LogP contribution in [0.5, 0.6) is 5.75 Å². The van der Waals surface area contributed by atoms with Crippen LogP contribution in [0.3, 0.4) is 0 Å². The molecule has 0 amide bonds. The normalized spacial score (nSPS) is 11.9. The van der Waals surface area contributed by atoms with E-state index in [2.05, 4.69) is 0 Å². The lowest BCUT2D eigenvalue weighted by atomic mass is 10.2. The van der Waals surface area contributed by atoms with E-state index in [0.717, 1.165) is 22.3 Å². The Morgan fingerprint density at radius 3 is 2.50 bits per heavy atom. The maximum Gasteiger partial charge on any atom is 0.243 e. The van der Waals surface area contributed by atoms with Crippen LogP contribution in [-0.2, 0) is 23.1 Å². The Balaban J connectivity index is 1.56. The minimum absolute atomic E-state index is 0.145. The van der Waals surface area contributed by atoms with Gasteiger partial charge in [0.1, 0.15) is 18.2 Å². The van der Waals surface area contributed by atoms with E-state index in [0.29, 0.717) is 24.0 Å². The average molecular weight is 470 g/mol. The first-order valence-corrected chi connectivity index (χ1v) is 12.0. The number of aromatic nitrogens is 2. The average Bonchev–Trinajstić information content (AvgIpc) is 3.14. The maximum absolute atomic E-state index is 13.0. The van der Waals surface area contributed by atoms with Crippen molar-refractivity contribution in [3.63, 3.8) is 0 Å². The number of hydrogen-bond donors (Lipinski definition) is 0. The number of rotatable bonds is 8. The topological polar surface area (TPSA) is 64.4 Å². The molecule has 0 saturated carbocycles. The van der Waals surface area contributed by atoms with Crippen LogP contribution in [0.25, 0.3) is 11.0 Å². The van der Waals surface area contributed by atoms with Gasteiger partial charge in [0, 0.05) is 12.1 Å². The fraction of sp³-hybridized carbons (Fsp3) is 0.208. The molecule has 0 fully saturated rings. The predicted octanol–water partition coefficient (Wildman–Crippen LogP) is 4.90. The molecule has 0 aliphatic carbocycles. The molecule has 4 aromatic rings. The lowest BCUT2D eigenvalue weighted by Gasteiger charge is -2.18. The molecule has 0 unspecified atom stereocenters. The summed E-state index contributed by atoms with van der Waals surface area (Å²) in [5.41, 5.74) is 2.70. The van der Waals surface area contributed by atoms with Crippen molar-refractivity contribution in [3.05, 3.63) is 89.2 Å². The Bertz CT molecular complexity index is 1340. The second-order valence-electron chi connectivity index (χ2n) is 7.50. The van der Waals surface area contributed by atoms with Crippen LogP contribution in [0.4, 0.5) is 0 Å². The highest BCUT2D eigenvalue weighted by Crippen LogP contribution is 2.23. The standard InChI is InChI=1S/C24H24ClN3O3S/c1-18-16-19(12-13-21(18)25)31-15-14-28-23-11-7-6-10-22(23)26-24(28)17-27(2)32(29,30)20-8-4-3-5-9-20/h3-13,16H,14-15,17H2,1-2H3. The number of ether oxygens (including phenoxy) is 1. The molecule has 8 heteroatoms. The molecule has 0 aliphatic rings. The summed E-state index contributed by atoms with van der Waals surface area (Å²) in [4.78, 5) is 4.95. The van der Waals surface area contributed by atoms with Crippen molar-refractivity contribution in [1.29, 1.82) is 0 Å². The van der Waals surface area contributed by atoms with E-state index in [-0.39, 0.29) is 11.4 Å². The lowest BCUT2D eigenvalue weighted by Crippen LogP contribution is -2.28. The Morgan fingerprint density at radius 1 is 1.03 bits per heavy atom. The SMILES string of the molecule is Cc1cc(OCCn2c(CN(C)S(=O)(=O)c3ccccc3)nc3ccccc32)ccc1Cl. The van der Waals surface area contributed by atoms with Gasteiger partial charge in [-0.05, 0) is 55.0 Å². The second-order valence-corrected chi connectivity index (χ2v) is 9.95. The summed E-state index contributed by atoms with van der Waals surface area (Å²) in [6.45, 7) is 3.01. The first-order chi connectivity index (χ1) is 15.4. The smallest absolute Gasteiger partial charge is 0.243 e. The van der Waals surface area contributed by atoms with Crippen LogP contribution in [0.2, 0.25) is 5.02 Å². The predicted molar refractivity (Wildman–Crippen MR) is 127 cm³/mol. The molecule has 0 spiro atoms. The van der Waals surface area contributed by atoms with Gasteiger partial charge in [-0.3, -0.25) is 0 Å². The zero-order valence-electron chi connectivity index (χ0n) is 17.9. The summed E-state index contributed by atoms with van der Waals surface area (Å²) >= 11 is 6.09. The molecule has 4 rings (SSSR count). The molecule has 0 radical (unpaired) electrons. The van der Waals surface area contributed by atoms with Gasteiger partial charge in [-0.15, -0.1) is 0 Å². The number of aryl methyl sites for hydroxylation is 1. The summed E-state index contributed by atoms with van der Waals surface area (Å²) in [6.07, 6.45) is 0. The third-order valence-corrected chi connectivity index (χ3v) is 7.50. The highest BCUT2D eigenvalue weighted by atomic mass is 35.5. The molecule has 1 heterocycles. The van der Waals surface area contributed by atoms with E-state index < -0.39 is 10.0 Å². The van der Waals surface area contributed by atoms with Crippen LogP contribution in [0, 0.1) is 6.92 Å². The Labute approximate surface area is 193 Å². The quantitative estimate of drug-likeness (QED) is 0.368. The lowest BCUT2D eigenvalue weighted by molar-refractivity contribution is 0.296. The van der Waals surface area contributed by atoms with Crippen molar-refractivity contribution < 1.29 is 13.2 Å². The Morgan fingerprint density at radius 2 is 1.75 bits per heavy atom.